The maximum atomic E-state index is 12.1. The highest BCUT2D eigenvalue weighted by molar-refractivity contribution is 5.94. The monoisotopic (exact) mass is 347 g/mol. The fourth-order valence-electron chi connectivity index (χ4n) is 2.88. The molecular weight excluding hydrogens is 322 g/mol. The summed E-state index contributed by atoms with van der Waals surface area (Å²) in [7, 11) is 1.50. The minimum Gasteiger partial charge on any atom is -0.383 e. The molecule has 1 saturated carbocycles. The van der Waals surface area contributed by atoms with Gasteiger partial charge in [-0.25, -0.2) is 4.98 Å². The number of carbonyl (C=O) groups excluding carboxylic acids is 2. The Morgan fingerprint density at radius 1 is 1.32 bits per heavy atom. The second-order valence-electron chi connectivity index (χ2n) is 6.54. The number of anilines is 2. The van der Waals surface area contributed by atoms with Crippen molar-refractivity contribution in [1.82, 2.24) is 9.88 Å². The molecule has 0 spiro atoms. The van der Waals surface area contributed by atoms with Gasteiger partial charge in [0.05, 0.1) is 18.5 Å². The highest BCUT2D eigenvalue weighted by atomic mass is 16.5. The van der Waals surface area contributed by atoms with Crippen molar-refractivity contribution < 1.29 is 14.3 Å². The third-order valence-corrected chi connectivity index (χ3v) is 4.54. The molecule has 8 nitrogen and oxygen atoms in total. The number of amides is 2. The molecule has 8 heteroatoms. The van der Waals surface area contributed by atoms with Crippen molar-refractivity contribution in [2.24, 2.45) is 11.7 Å². The van der Waals surface area contributed by atoms with Gasteiger partial charge in [0.25, 0.3) is 0 Å². The van der Waals surface area contributed by atoms with Crippen LogP contribution in [-0.4, -0.2) is 67.6 Å². The molecule has 0 radical (unpaired) electrons. The molecular formula is C17H25N5O3. The number of piperazine rings is 1. The lowest BCUT2D eigenvalue weighted by molar-refractivity contribution is -0.132. The average Bonchev–Trinajstić information content (AvgIpc) is 3.47. The lowest BCUT2D eigenvalue weighted by Crippen LogP contribution is -2.49. The Kier molecular flexibility index (Phi) is 5.50. The lowest BCUT2D eigenvalue weighted by atomic mass is 10.2. The first-order valence-electron chi connectivity index (χ1n) is 8.63. The number of pyridine rings is 1. The van der Waals surface area contributed by atoms with Crippen molar-refractivity contribution in [3.63, 3.8) is 0 Å². The normalized spacial score (nSPS) is 18.8. The topological polar surface area (TPSA) is 101 Å². The fourth-order valence-corrected chi connectivity index (χ4v) is 2.88. The molecule has 2 aliphatic rings. The summed E-state index contributed by atoms with van der Waals surface area (Å²) >= 11 is 0. The molecule has 1 atom stereocenters. The smallest absolute Gasteiger partial charge is 0.243 e. The van der Waals surface area contributed by atoms with Crippen LogP contribution in [0.2, 0.25) is 0 Å². The summed E-state index contributed by atoms with van der Waals surface area (Å²) in [5.41, 5.74) is 6.29. The maximum absolute atomic E-state index is 12.1. The first-order chi connectivity index (χ1) is 12.1. The minimum atomic E-state index is -0.707. The Labute approximate surface area is 147 Å². The van der Waals surface area contributed by atoms with Gasteiger partial charge in [-0.1, -0.05) is 0 Å². The van der Waals surface area contributed by atoms with E-state index in [0.29, 0.717) is 11.6 Å². The summed E-state index contributed by atoms with van der Waals surface area (Å²) in [5.74, 6) is 1.12. The maximum Gasteiger partial charge on any atom is 0.243 e. The highest BCUT2D eigenvalue weighted by Crippen LogP contribution is 2.31. The summed E-state index contributed by atoms with van der Waals surface area (Å²) in [4.78, 5) is 32.5. The van der Waals surface area contributed by atoms with E-state index in [1.165, 1.54) is 7.11 Å². The number of methoxy groups -OCH3 is 1. The van der Waals surface area contributed by atoms with Crippen LogP contribution in [-0.2, 0) is 14.3 Å². The second-order valence-corrected chi connectivity index (χ2v) is 6.54. The number of aromatic nitrogens is 1. The largest absolute Gasteiger partial charge is 0.383 e. The van der Waals surface area contributed by atoms with Crippen LogP contribution in [0.1, 0.15) is 12.8 Å². The van der Waals surface area contributed by atoms with E-state index in [-0.39, 0.29) is 18.4 Å². The van der Waals surface area contributed by atoms with Gasteiger partial charge in [-0.15, -0.1) is 0 Å². The summed E-state index contributed by atoms with van der Waals surface area (Å²) < 4.78 is 4.87. The predicted octanol–water partition coefficient (Wildman–Crippen LogP) is 0.0524. The molecule has 1 unspecified atom stereocenters. The Bertz CT molecular complexity index is 609. The third kappa shape index (κ3) is 4.46. The molecule has 2 heterocycles. The molecule has 25 heavy (non-hydrogen) atoms. The van der Waals surface area contributed by atoms with E-state index in [2.05, 4.69) is 15.2 Å². The number of carbonyl (C=O) groups is 2. The first kappa shape index (κ1) is 17.6. The standard InChI is InChI=1S/C17H25N5O3/c1-25-11-14(18)16(23)20-13-4-5-15(19-10-13)21-6-8-22(9-7-21)17(24)12-2-3-12/h4-5,10,12,14H,2-3,6-9,11,18H2,1H3,(H,20,23). The van der Waals surface area contributed by atoms with Crippen LogP contribution in [0.25, 0.3) is 0 Å². The number of ether oxygens (including phenoxy) is 1. The number of nitrogens with two attached hydrogens (primary N) is 1. The van der Waals surface area contributed by atoms with Crippen LogP contribution in [0.15, 0.2) is 18.3 Å². The van der Waals surface area contributed by atoms with E-state index in [9.17, 15) is 9.59 Å². The van der Waals surface area contributed by atoms with Crippen molar-refractivity contribution in [3.8, 4) is 0 Å². The Hall–Kier alpha value is -2.19. The molecule has 3 rings (SSSR count). The van der Waals surface area contributed by atoms with Crippen molar-refractivity contribution in [1.29, 1.82) is 0 Å². The Morgan fingerprint density at radius 2 is 2.04 bits per heavy atom. The zero-order valence-corrected chi connectivity index (χ0v) is 14.5. The molecule has 2 fully saturated rings. The van der Waals surface area contributed by atoms with Gasteiger partial charge in [0.15, 0.2) is 0 Å². The van der Waals surface area contributed by atoms with Gasteiger partial charge in [0, 0.05) is 39.2 Å². The quantitative estimate of drug-likeness (QED) is 0.754. The van der Waals surface area contributed by atoms with Gasteiger partial charge in [0.2, 0.25) is 11.8 Å². The van der Waals surface area contributed by atoms with Gasteiger partial charge in [-0.2, -0.15) is 0 Å². The van der Waals surface area contributed by atoms with Crippen molar-refractivity contribution in [2.75, 3.05) is 50.1 Å². The molecule has 0 aromatic carbocycles. The van der Waals surface area contributed by atoms with E-state index in [1.807, 2.05) is 17.0 Å². The summed E-state index contributed by atoms with van der Waals surface area (Å²) in [6.07, 6.45) is 3.71. The Morgan fingerprint density at radius 3 is 2.60 bits per heavy atom. The molecule has 3 N–H and O–H groups in total. The van der Waals surface area contributed by atoms with Gasteiger partial charge in [-0.05, 0) is 25.0 Å². The molecule has 1 aliphatic carbocycles. The van der Waals surface area contributed by atoms with Gasteiger partial charge < -0.3 is 25.6 Å². The van der Waals surface area contributed by atoms with Crippen LogP contribution in [0.3, 0.4) is 0 Å². The molecule has 0 bridgehead atoms. The summed E-state index contributed by atoms with van der Waals surface area (Å²) in [6.45, 7) is 3.19. The number of rotatable bonds is 6. The molecule has 1 saturated heterocycles. The van der Waals surface area contributed by atoms with Crippen LogP contribution in [0, 0.1) is 5.92 Å². The van der Waals surface area contributed by atoms with Crippen LogP contribution < -0.4 is 16.0 Å². The van der Waals surface area contributed by atoms with Crippen LogP contribution >= 0.6 is 0 Å². The molecule has 1 aromatic heterocycles. The van der Waals surface area contributed by atoms with Crippen LogP contribution in [0.4, 0.5) is 11.5 Å². The first-order valence-corrected chi connectivity index (χ1v) is 8.63. The molecule has 136 valence electrons. The van der Waals surface area contributed by atoms with Crippen molar-refractivity contribution >= 4 is 23.3 Å². The number of hydrogen-bond acceptors (Lipinski definition) is 6. The van der Waals surface area contributed by atoms with E-state index >= 15 is 0 Å². The number of nitrogens with zero attached hydrogens (tertiary/aromatic N) is 3. The van der Waals surface area contributed by atoms with Gasteiger partial charge in [-0.3, -0.25) is 9.59 Å². The SMILES string of the molecule is COCC(N)C(=O)Nc1ccc(N2CCN(C(=O)C3CC3)CC2)nc1. The third-order valence-electron chi connectivity index (χ3n) is 4.54. The van der Waals surface area contributed by atoms with E-state index < -0.39 is 6.04 Å². The molecule has 1 aliphatic heterocycles. The van der Waals surface area contributed by atoms with Gasteiger partial charge in [0.1, 0.15) is 11.9 Å². The van der Waals surface area contributed by atoms with E-state index in [1.54, 1.807) is 6.20 Å². The lowest BCUT2D eigenvalue weighted by Gasteiger charge is -2.35. The molecule has 1 aromatic rings. The predicted molar refractivity (Wildman–Crippen MR) is 94.2 cm³/mol. The number of nitrogens with one attached hydrogen (secondary N) is 1. The summed E-state index contributed by atoms with van der Waals surface area (Å²) in [6, 6.07) is 2.97. The average molecular weight is 347 g/mol. The van der Waals surface area contributed by atoms with E-state index in [0.717, 1.165) is 44.8 Å². The zero-order valence-electron chi connectivity index (χ0n) is 14.5. The Balaban J connectivity index is 1.51. The van der Waals surface area contributed by atoms with Gasteiger partial charge >= 0.3 is 0 Å². The van der Waals surface area contributed by atoms with E-state index in [4.69, 9.17) is 10.5 Å². The van der Waals surface area contributed by atoms with Crippen molar-refractivity contribution in [2.45, 2.75) is 18.9 Å². The highest BCUT2D eigenvalue weighted by Gasteiger charge is 2.34. The zero-order chi connectivity index (χ0) is 17.8. The number of hydrogen-bond donors (Lipinski definition) is 2. The fraction of sp³-hybridized carbons (Fsp3) is 0.588. The second kappa shape index (κ2) is 7.79. The summed E-state index contributed by atoms with van der Waals surface area (Å²) in [5, 5.41) is 2.72. The van der Waals surface area contributed by atoms with Crippen LogP contribution in [0.5, 0.6) is 0 Å². The molecule has 2 amide bonds. The van der Waals surface area contributed by atoms with Crippen molar-refractivity contribution in [3.05, 3.63) is 18.3 Å². The minimum absolute atomic E-state index is 0.168.